The number of nitrogens with one attached hydrogen (secondary N) is 1. The fourth-order valence-corrected chi connectivity index (χ4v) is 3.28. The van der Waals surface area contributed by atoms with Crippen molar-refractivity contribution in [1.82, 2.24) is 9.29 Å². The van der Waals surface area contributed by atoms with Crippen LogP contribution in [0, 0.1) is 5.41 Å². The maximum atomic E-state index is 12.4. The van der Waals surface area contributed by atoms with Crippen LogP contribution in [0.2, 0.25) is 0 Å². The molecule has 1 atom stereocenters. The highest BCUT2D eigenvalue weighted by atomic mass is 32.2. The molecule has 116 valence electrons. The van der Waals surface area contributed by atoms with Crippen LogP contribution in [-0.4, -0.2) is 19.0 Å². The summed E-state index contributed by atoms with van der Waals surface area (Å²) in [5.41, 5.74) is 6.39. The molecule has 0 amide bonds. The number of aromatic nitrogens is 1. The van der Waals surface area contributed by atoms with Gasteiger partial charge in [0.15, 0.2) is 0 Å². The molecule has 0 spiro atoms. The van der Waals surface area contributed by atoms with Crippen molar-refractivity contribution in [3.63, 3.8) is 0 Å². The predicted octanol–water partition coefficient (Wildman–Crippen LogP) is 2.07. The molecule has 0 aliphatic heterocycles. The highest BCUT2D eigenvalue weighted by Gasteiger charge is 2.27. The molecular weight excluding hydrogens is 274 g/mol. The second-order valence-electron chi connectivity index (χ2n) is 6.27. The van der Waals surface area contributed by atoms with E-state index in [0.29, 0.717) is 11.4 Å². The molecule has 0 bridgehead atoms. The first-order valence-electron chi connectivity index (χ1n) is 7.03. The van der Waals surface area contributed by atoms with Gasteiger partial charge in [-0.15, -0.1) is 0 Å². The van der Waals surface area contributed by atoms with Gasteiger partial charge in [0.1, 0.15) is 0 Å². The van der Waals surface area contributed by atoms with Gasteiger partial charge in [-0.1, -0.05) is 27.7 Å². The van der Waals surface area contributed by atoms with E-state index in [1.165, 1.54) is 0 Å². The van der Waals surface area contributed by atoms with Gasteiger partial charge in [-0.05, 0) is 24.8 Å². The summed E-state index contributed by atoms with van der Waals surface area (Å²) in [4.78, 5) is 0.294. The molecule has 1 unspecified atom stereocenters. The first-order valence-corrected chi connectivity index (χ1v) is 8.51. The van der Waals surface area contributed by atoms with Crippen molar-refractivity contribution >= 4 is 10.0 Å². The Morgan fingerprint density at radius 3 is 2.45 bits per heavy atom. The third-order valence-electron chi connectivity index (χ3n) is 3.58. The van der Waals surface area contributed by atoms with Crippen LogP contribution in [0.15, 0.2) is 17.2 Å². The van der Waals surface area contributed by atoms with Crippen LogP contribution in [0.3, 0.4) is 0 Å². The van der Waals surface area contributed by atoms with Crippen molar-refractivity contribution in [1.29, 1.82) is 0 Å². The van der Waals surface area contributed by atoms with E-state index in [1.807, 2.05) is 39.2 Å². The first kappa shape index (κ1) is 17.2. The van der Waals surface area contributed by atoms with Gasteiger partial charge >= 0.3 is 0 Å². The second-order valence-corrected chi connectivity index (χ2v) is 7.99. The van der Waals surface area contributed by atoms with Gasteiger partial charge in [0, 0.05) is 31.0 Å². The van der Waals surface area contributed by atoms with Crippen molar-refractivity contribution in [2.75, 3.05) is 0 Å². The summed E-state index contributed by atoms with van der Waals surface area (Å²) in [6.07, 6.45) is 2.61. The Hall–Kier alpha value is -0.850. The molecule has 5 nitrogen and oxygen atoms in total. The van der Waals surface area contributed by atoms with Crippen molar-refractivity contribution < 1.29 is 8.42 Å². The molecular formula is C14H27N3O2S. The molecule has 1 rings (SSSR count). The lowest BCUT2D eigenvalue weighted by Crippen LogP contribution is -2.41. The number of hydrogen-bond acceptors (Lipinski definition) is 3. The summed E-state index contributed by atoms with van der Waals surface area (Å²) in [5, 5.41) is 0. The largest absolute Gasteiger partial charge is 0.349 e. The molecule has 0 radical (unpaired) electrons. The molecule has 1 aromatic rings. The van der Waals surface area contributed by atoms with Gasteiger partial charge < -0.3 is 10.3 Å². The first-order chi connectivity index (χ1) is 9.11. The van der Waals surface area contributed by atoms with E-state index < -0.39 is 10.0 Å². The van der Waals surface area contributed by atoms with Crippen LogP contribution in [0.4, 0.5) is 0 Å². The van der Waals surface area contributed by atoms with E-state index in [0.717, 1.165) is 18.7 Å². The Labute approximate surface area is 122 Å². The molecule has 0 aliphatic rings. The summed E-state index contributed by atoms with van der Waals surface area (Å²) in [6, 6.07) is 1.51. The number of sulfonamides is 1. The lowest BCUT2D eigenvalue weighted by atomic mass is 9.89. The van der Waals surface area contributed by atoms with Crippen LogP contribution in [0.25, 0.3) is 0 Å². The molecule has 0 aromatic carbocycles. The molecule has 0 saturated heterocycles. The van der Waals surface area contributed by atoms with E-state index in [-0.39, 0.29) is 11.5 Å². The standard InChI is InChI=1S/C14H27N3O2S/c1-6-7-17-10-13(8-12(17)9-15)20(18,19)16-11(2)14(3,4)5/h8,10-11,16H,6-7,9,15H2,1-5H3. The molecule has 1 aromatic heterocycles. The third-order valence-corrected chi connectivity index (χ3v) is 5.08. The monoisotopic (exact) mass is 301 g/mol. The minimum Gasteiger partial charge on any atom is -0.349 e. The Bertz CT molecular complexity index is 541. The van der Waals surface area contributed by atoms with Gasteiger partial charge in [-0.25, -0.2) is 13.1 Å². The van der Waals surface area contributed by atoms with E-state index in [9.17, 15) is 8.42 Å². The Morgan fingerprint density at radius 2 is 2.00 bits per heavy atom. The van der Waals surface area contributed by atoms with Crippen LogP contribution in [0.1, 0.15) is 46.7 Å². The van der Waals surface area contributed by atoms with Gasteiger partial charge in [-0.2, -0.15) is 0 Å². The summed E-state index contributed by atoms with van der Waals surface area (Å²) in [6.45, 7) is 11.1. The zero-order chi connectivity index (χ0) is 15.6. The minimum atomic E-state index is -3.50. The number of nitrogens with two attached hydrogens (primary N) is 1. The molecule has 20 heavy (non-hydrogen) atoms. The van der Waals surface area contributed by atoms with E-state index in [1.54, 1.807) is 12.3 Å². The fraction of sp³-hybridized carbons (Fsp3) is 0.714. The minimum absolute atomic E-state index is 0.129. The normalized spacial score (nSPS) is 14.5. The lowest BCUT2D eigenvalue weighted by Gasteiger charge is -2.27. The fourth-order valence-electron chi connectivity index (χ4n) is 1.77. The van der Waals surface area contributed by atoms with Gasteiger partial charge in [0.05, 0.1) is 4.90 Å². The van der Waals surface area contributed by atoms with Gasteiger partial charge in [0.25, 0.3) is 0 Å². The molecule has 6 heteroatoms. The number of hydrogen-bond donors (Lipinski definition) is 2. The van der Waals surface area contributed by atoms with E-state index in [4.69, 9.17) is 5.73 Å². The summed E-state index contributed by atoms with van der Waals surface area (Å²) in [7, 11) is -3.50. The highest BCUT2D eigenvalue weighted by molar-refractivity contribution is 7.89. The Morgan fingerprint density at radius 1 is 1.40 bits per heavy atom. The lowest BCUT2D eigenvalue weighted by molar-refractivity contribution is 0.317. The molecule has 0 aliphatic carbocycles. The van der Waals surface area contributed by atoms with Crippen molar-refractivity contribution in [2.24, 2.45) is 11.1 Å². The van der Waals surface area contributed by atoms with Crippen molar-refractivity contribution in [2.45, 2.75) is 65.1 Å². The van der Waals surface area contributed by atoms with Crippen molar-refractivity contribution in [3.8, 4) is 0 Å². The molecule has 0 fully saturated rings. The average Bonchev–Trinajstić information content (AvgIpc) is 2.71. The van der Waals surface area contributed by atoms with Gasteiger partial charge in [-0.3, -0.25) is 0 Å². The van der Waals surface area contributed by atoms with E-state index >= 15 is 0 Å². The topological polar surface area (TPSA) is 77.1 Å². The quantitative estimate of drug-likeness (QED) is 0.844. The van der Waals surface area contributed by atoms with Crippen LogP contribution >= 0.6 is 0 Å². The van der Waals surface area contributed by atoms with Crippen LogP contribution in [0.5, 0.6) is 0 Å². The number of rotatable bonds is 6. The van der Waals surface area contributed by atoms with E-state index in [2.05, 4.69) is 4.72 Å². The maximum absolute atomic E-state index is 12.4. The second kappa shape index (κ2) is 6.28. The maximum Gasteiger partial charge on any atom is 0.242 e. The predicted molar refractivity (Wildman–Crippen MR) is 81.9 cm³/mol. The average molecular weight is 301 g/mol. The van der Waals surface area contributed by atoms with Crippen LogP contribution < -0.4 is 10.5 Å². The Balaban J connectivity index is 3.04. The van der Waals surface area contributed by atoms with Gasteiger partial charge in [0.2, 0.25) is 10.0 Å². The number of aryl methyl sites for hydroxylation is 1. The SMILES string of the molecule is CCCn1cc(S(=O)(=O)NC(C)C(C)(C)C)cc1CN. The van der Waals surface area contributed by atoms with Crippen molar-refractivity contribution in [3.05, 3.63) is 18.0 Å². The van der Waals surface area contributed by atoms with Crippen LogP contribution in [-0.2, 0) is 23.1 Å². The Kier molecular flexibility index (Phi) is 5.40. The number of nitrogens with zero attached hydrogens (tertiary/aromatic N) is 1. The summed E-state index contributed by atoms with van der Waals surface area (Å²) >= 11 is 0. The summed E-state index contributed by atoms with van der Waals surface area (Å²) in [5.74, 6) is 0. The zero-order valence-electron chi connectivity index (χ0n) is 13.1. The summed E-state index contributed by atoms with van der Waals surface area (Å²) < 4.78 is 29.5. The molecule has 1 heterocycles. The zero-order valence-corrected chi connectivity index (χ0v) is 13.9. The smallest absolute Gasteiger partial charge is 0.242 e. The molecule has 0 saturated carbocycles. The third kappa shape index (κ3) is 4.07. The highest BCUT2D eigenvalue weighted by Crippen LogP contribution is 2.22. The molecule has 3 N–H and O–H groups in total.